The number of hydrogen-bond donors (Lipinski definition) is 1. The Labute approximate surface area is 110 Å². The lowest BCUT2D eigenvalue weighted by Gasteiger charge is -2.18. The molecule has 1 aromatic rings. The average Bonchev–Trinajstić information content (AvgIpc) is 2.35. The van der Waals surface area contributed by atoms with Gasteiger partial charge in [-0.05, 0) is 26.3 Å². The molecule has 18 heavy (non-hydrogen) atoms. The third-order valence-corrected chi connectivity index (χ3v) is 2.78. The molecule has 0 aliphatic rings. The molecule has 1 atom stereocenters. The molecule has 0 fully saturated rings. The van der Waals surface area contributed by atoms with Gasteiger partial charge in [-0.25, -0.2) is 0 Å². The molecule has 0 aliphatic carbocycles. The monoisotopic (exact) mass is 251 g/mol. The summed E-state index contributed by atoms with van der Waals surface area (Å²) >= 11 is 0. The van der Waals surface area contributed by atoms with E-state index >= 15 is 0 Å². The third-order valence-electron chi connectivity index (χ3n) is 2.78. The number of nitrogens with one attached hydrogen (secondary N) is 1. The van der Waals surface area contributed by atoms with Gasteiger partial charge in [0.25, 0.3) is 0 Å². The smallest absolute Gasteiger partial charge is 0.124 e. The molecular weight excluding hydrogens is 226 g/mol. The molecule has 1 aromatic carbocycles. The minimum absolute atomic E-state index is 0.201. The van der Waals surface area contributed by atoms with E-state index in [-0.39, 0.29) is 6.10 Å². The molecule has 1 unspecified atom stereocenters. The van der Waals surface area contributed by atoms with E-state index in [0.717, 1.165) is 25.3 Å². The Bertz CT molecular complexity index is 339. The van der Waals surface area contributed by atoms with Crippen molar-refractivity contribution >= 4 is 0 Å². The van der Waals surface area contributed by atoms with Crippen LogP contribution in [0.2, 0.25) is 0 Å². The van der Waals surface area contributed by atoms with Crippen LogP contribution < -0.4 is 10.1 Å². The normalized spacial score (nSPS) is 12.7. The highest BCUT2D eigenvalue weighted by Gasteiger charge is 2.08. The molecule has 3 heteroatoms. The first kappa shape index (κ1) is 15.0. The zero-order valence-electron chi connectivity index (χ0n) is 11.9. The number of para-hydroxylation sites is 1. The highest BCUT2D eigenvalue weighted by Crippen LogP contribution is 2.19. The van der Waals surface area contributed by atoms with E-state index in [1.165, 1.54) is 5.56 Å². The molecule has 0 spiro atoms. The van der Waals surface area contributed by atoms with Gasteiger partial charge in [-0.2, -0.15) is 0 Å². The van der Waals surface area contributed by atoms with Crippen molar-refractivity contribution in [2.75, 3.05) is 13.7 Å². The fourth-order valence-corrected chi connectivity index (χ4v) is 1.80. The molecule has 0 aromatic heterocycles. The second kappa shape index (κ2) is 8.11. The van der Waals surface area contributed by atoms with Crippen LogP contribution >= 0.6 is 0 Å². The summed E-state index contributed by atoms with van der Waals surface area (Å²) in [7, 11) is 1.74. The van der Waals surface area contributed by atoms with Crippen molar-refractivity contribution in [2.45, 2.75) is 45.9 Å². The van der Waals surface area contributed by atoms with Crippen molar-refractivity contribution in [3.8, 4) is 5.75 Å². The molecule has 0 saturated carbocycles. The van der Waals surface area contributed by atoms with Crippen molar-refractivity contribution in [3.63, 3.8) is 0 Å². The van der Waals surface area contributed by atoms with Crippen molar-refractivity contribution in [1.29, 1.82) is 0 Å². The molecule has 1 N–H and O–H groups in total. The number of hydrogen-bond acceptors (Lipinski definition) is 3. The van der Waals surface area contributed by atoms with Gasteiger partial charge in [0.2, 0.25) is 0 Å². The van der Waals surface area contributed by atoms with E-state index in [4.69, 9.17) is 9.47 Å². The molecular formula is C15H25NO2. The highest BCUT2D eigenvalue weighted by atomic mass is 16.5. The first-order valence-electron chi connectivity index (χ1n) is 6.64. The maximum atomic E-state index is 5.80. The second-order valence-corrected chi connectivity index (χ2v) is 4.72. The van der Waals surface area contributed by atoms with Gasteiger partial charge in [0.05, 0.1) is 12.7 Å². The van der Waals surface area contributed by atoms with Crippen LogP contribution in [0.1, 0.15) is 32.8 Å². The lowest BCUT2D eigenvalue weighted by Crippen LogP contribution is -2.32. The molecule has 1 rings (SSSR count). The fourth-order valence-electron chi connectivity index (χ4n) is 1.80. The number of rotatable bonds is 8. The third kappa shape index (κ3) is 5.07. The van der Waals surface area contributed by atoms with Crippen LogP contribution in [0.15, 0.2) is 24.3 Å². The summed E-state index contributed by atoms with van der Waals surface area (Å²) in [5.74, 6) is 0.965. The van der Waals surface area contributed by atoms with Crippen LogP contribution in [0.3, 0.4) is 0 Å². The second-order valence-electron chi connectivity index (χ2n) is 4.72. The molecule has 3 nitrogen and oxygen atoms in total. The van der Waals surface area contributed by atoms with Crippen molar-refractivity contribution in [1.82, 2.24) is 5.32 Å². The van der Waals surface area contributed by atoms with E-state index in [1.54, 1.807) is 7.11 Å². The predicted molar refractivity (Wildman–Crippen MR) is 75.0 cm³/mol. The summed E-state index contributed by atoms with van der Waals surface area (Å²) in [5, 5.41) is 3.50. The van der Waals surface area contributed by atoms with Gasteiger partial charge in [-0.15, -0.1) is 0 Å². The van der Waals surface area contributed by atoms with Gasteiger partial charge < -0.3 is 14.8 Å². The van der Waals surface area contributed by atoms with Crippen LogP contribution in [0.5, 0.6) is 5.75 Å². The summed E-state index contributed by atoms with van der Waals surface area (Å²) < 4.78 is 11.0. The molecule has 0 heterocycles. The average molecular weight is 251 g/mol. The van der Waals surface area contributed by atoms with Gasteiger partial charge in [-0.3, -0.25) is 0 Å². The maximum Gasteiger partial charge on any atom is 0.124 e. The summed E-state index contributed by atoms with van der Waals surface area (Å²) in [6.45, 7) is 7.80. The predicted octanol–water partition coefficient (Wildman–Crippen LogP) is 2.99. The Morgan fingerprint density at radius 3 is 2.56 bits per heavy atom. The zero-order valence-corrected chi connectivity index (χ0v) is 11.9. The Hall–Kier alpha value is -1.06. The standard InChI is InChI=1S/C15H25NO2/c1-5-14(11-17-4)16-10-13-8-6-7-9-15(13)18-12(2)3/h6-9,12,14,16H,5,10-11H2,1-4H3. The van der Waals surface area contributed by atoms with Crippen molar-refractivity contribution in [2.24, 2.45) is 0 Å². The van der Waals surface area contributed by atoms with E-state index in [1.807, 2.05) is 32.0 Å². The fraction of sp³-hybridized carbons (Fsp3) is 0.600. The topological polar surface area (TPSA) is 30.5 Å². The highest BCUT2D eigenvalue weighted by molar-refractivity contribution is 5.33. The first-order valence-corrected chi connectivity index (χ1v) is 6.64. The summed E-state index contributed by atoms with van der Waals surface area (Å²) in [6, 6.07) is 8.57. The van der Waals surface area contributed by atoms with E-state index < -0.39 is 0 Å². The van der Waals surface area contributed by atoms with Crippen LogP contribution in [-0.2, 0) is 11.3 Å². The number of benzene rings is 1. The van der Waals surface area contributed by atoms with E-state index in [2.05, 4.69) is 18.3 Å². The van der Waals surface area contributed by atoms with Gasteiger partial charge in [-0.1, -0.05) is 25.1 Å². The summed E-state index contributed by atoms with van der Waals surface area (Å²) in [6.07, 6.45) is 1.26. The summed E-state index contributed by atoms with van der Waals surface area (Å²) in [5.41, 5.74) is 1.20. The number of methoxy groups -OCH3 is 1. The minimum Gasteiger partial charge on any atom is -0.491 e. The van der Waals surface area contributed by atoms with Crippen LogP contribution in [0.25, 0.3) is 0 Å². The molecule has 0 radical (unpaired) electrons. The van der Waals surface area contributed by atoms with Crippen molar-refractivity contribution < 1.29 is 9.47 Å². The zero-order chi connectivity index (χ0) is 13.4. The van der Waals surface area contributed by atoms with E-state index in [9.17, 15) is 0 Å². The lowest BCUT2D eigenvalue weighted by molar-refractivity contribution is 0.163. The van der Waals surface area contributed by atoms with Crippen LogP contribution in [0.4, 0.5) is 0 Å². The van der Waals surface area contributed by atoms with Gasteiger partial charge >= 0.3 is 0 Å². The Kier molecular flexibility index (Phi) is 6.76. The van der Waals surface area contributed by atoms with Crippen LogP contribution in [-0.4, -0.2) is 25.9 Å². The van der Waals surface area contributed by atoms with E-state index in [0.29, 0.717) is 6.04 Å². The molecule has 0 saturated heterocycles. The largest absolute Gasteiger partial charge is 0.491 e. The van der Waals surface area contributed by atoms with Gasteiger partial charge in [0.15, 0.2) is 0 Å². The Morgan fingerprint density at radius 1 is 1.22 bits per heavy atom. The van der Waals surface area contributed by atoms with Gasteiger partial charge in [0, 0.05) is 25.3 Å². The molecule has 0 aliphatic heterocycles. The first-order chi connectivity index (χ1) is 8.67. The Balaban J connectivity index is 2.60. The summed E-state index contributed by atoms with van der Waals surface area (Å²) in [4.78, 5) is 0. The van der Waals surface area contributed by atoms with Gasteiger partial charge in [0.1, 0.15) is 5.75 Å². The quantitative estimate of drug-likeness (QED) is 0.770. The SMILES string of the molecule is CCC(COC)NCc1ccccc1OC(C)C. The number of ether oxygens (including phenoxy) is 2. The van der Waals surface area contributed by atoms with Crippen molar-refractivity contribution in [3.05, 3.63) is 29.8 Å². The minimum atomic E-state index is 0.201. The lowest BCUT2D eigenvalue weighted by atomic mass is 10.1. The molecule has 102 valence electrons. The van der Waals surface area contributed by atoms with Crippen LogP contribution in [0, 0.1) is 0 Å². The maximum absolute atomic E-state index is 5.80. The molecule has 0 amide bonds. The Morgan fingerprint density at radius 2 is 1.94 bits per heavy atom. The molecule has 0 bridgehead atoms.